The van der Waals surface area contributed by atoms with Crippen molar-refractivity contribution in [2.24, 2.45) is 23.7 Å². The Morgan fingerprint density at radius 1 is 0.784 bits per heavy atom. The van der Waals surface area contributed by atoms with Gasteiger partial charge in [0.1, 0.15) is 0 Å². The van der Waals surface area contributed by atoms with Gasteiger partial charge in [-0.1, -0.05) is 80.6 Å². The van der Waals surface area contributed by atoms with Crippen LogP contribution in [0.5, 0.6) is 0 Å². The minimum absolute atomic E-state index is 0.0840. The third-order valence-corrected chi connectivity index (χ3v) is 7.82. The molecular weight excluding hydrogens is 458 g/mol. The number of amides is 1. The van der Waals surface area contributed by atoms with Gasteiger partial charge in [-0.3, -0.25) is 4.79 Å². The molecule has 0 aliphatic carbocycles. The molecule has 1 amide bonds. The second-order valence-corrected chi connectivity index (χ2v) is 12.8. The van der Waals surface area contributed by atoms with Crippen LogP contribution >= 0.6 is 0 Å². The van der Waals surface area contributed by atoms with E-state index in [4.69, 9.17) is 4.74 Å². The number of hydrogen-bond donors (Lipinski definition) is 0. The van der Waals surface area contributed by atoms with Crippen molar-refractivity contribution in [1.29, 1.82) is 0 Å². The molecule has 0 N–H and O–H groups in total. The topological polar surface area (TPSA) is 36.0 Å². The van der Waals surface area contributed by atoms with Crippen LogP contribution in [0.1, 0.15) is 113 Å². The molecule has 0 radical (unpaired) electrons. The highest BCUT2D eigenvalue weighted by Crippen LogP contribution is 2.24. The van der Waals surface area contributed by atoms with Crippen LogP contribution in [0, 0.1) is 23.7 Å². The molecular formula is C32H65N3O2. The average Bonchev–Trinajstić information content (AvgIpc) is 2.90. The summed E-state index contributed by atoms with van der Waals surface area (Å²) in [6, 6.07) is 0. The van der Waals surface area contributed by atoms with E-state index in [9.17, 15) is 4.79 Å². The highest BCUT2D eigenvalue weighted by Gasteiger charge is 2.19. The zero-order chi connectivity index (χ0) is 27.5. The van der Waals surface area contributed by atoms with Gasteiger partial charge in [0.25, 0.3) is 0 Å². The third kappa shape index (κ3) is 17.5. The molecule has 5 heteroatoms. The van der Waals surface area contributed by atoms with Crippen LogP contribution in [0.2, 0.25) is 0 Å². The predicted molar refractivity (Wildman–Crippen MR) is 160 cm³/mol. The maximum Gasteiger partial charge on any atom is 0.225 e. The summed E-state index contributed by atoms with van der Waals surface area (Å²) in [5, 5.41) is 0. The number of piperidine rings is 1. The van der Waals surface area contributed by atoms with Gasteiger partial charge in [-0.15, -0.1) is 0 Å². The number of likely N-dealkylation sites (tertiary alicyclic amines) is 1. The first-order valence-electron chi connectivity index (χ1n) is 16.0. The minimum atomic E-state index is 0.0840. The lowest BCUT2D eigenvalue weighted by Gasteiger charge is -2.33. The molecule has 220 valence electrons. The molecule has 0 saturated carbocycles. The molecule has 2 aliphatic heterocycles. The van der Waals surface area contributed by atoms with E-state index in [2.05, 4.69) is 44.4 Å². The molecule has 5 nitrogen and oxygen atoms in total. The van der Waals surface area contributed by atoms with E-state index >= 15 is 0 Å². The van der Waals surface area contributed by atoms with Gasteiger partial charge in [0.2, 0.25) is 5.91 Å². The minimum Gasteiger partial charge on any atom is -0.378 e. The van der Waals surface area contributed by atoms with Gasteiger partial charge in [-0.2, -0.15) is 0 Å². The van der Waals surface area contributed by atoms with E-state index in [0.29, 0.717) is 6.61 Å². The van der Waals surface area contributed by atoms with Gasteiger partial charge in [0.05, 0.1) is 13.2 Å². The summed E-state index contributed by atoms with van der Waals surface area (Å²) >= 11 is 0. The van der Waals surface area contributed by atoms with Crippen molar-refractivity contribution in [2.75, 3.05) is 65.6 Å². The maximum absolute atomic E-state index is 12.1. The van der Waals surface area contributed by atoms with Gasteiger partial charge >= 0.3 is 0 Å². The number of carbonyl (C=O) groups excluding carboxylic acids is 1. The molecule has 2 fully saturated rings. The summed E-state index contributed by atoms with van der Waals surface area (Å²) in [7, 11) is 0. The normalized spacial score (nSPS) is 19.7. The second-order valence-electron chi connectivity index (χ2n) is 12.8. The van der Waals surface area contributed by atoms with Crippen LogP contribution in [0.3, 0.4) is 0 Å². The Morgan fingerprint density at radius 3 is 2.08 bits per heavy atom. The van der Waals surface area contributed by atoms with Gasteiger partial charge in [0.15, 0.2) is 0 Å². The maximum atomic E-state index is 12.1. The summed E-state index contributed by atoms with van der Waals surface area (Å²) in [6.07, 6.45) is 13.4. The SMILES string of the molecule is CC(C)CCCC1CCN(CC(C)C)CC1.CCCCCN1CCCCN(C(=O)C(C)C)CCOCC1. The standard InChI is InChI=1S/C17H34N2O2.C15H31N/c1-4-5-6-9-18-10-7-8-11-19(17(20)16(2)3)13-15-21-14-12-18;1-13(2)6-5-7-15-8-10-16(11-9-15)12-14(3)4/h16H,4-15H2,1-3H3;13-15H,5-12H2,1-4H3. The number of ether oxygens (including phenoxy) is 1. The Bertz CT molecular complexity index is 544. The van der Waals surface area contributed by atoms with Crippen molar-refractivity contribution in [1.82, 2.24) is 14.7 Å². The van der Waals surface area contributed by atoms with Crippen molar-refractivity contribution in [3.63, 3.8) is 0 Å². The number of unbranched alkanes of at least 4 members (excludes halogenated alkanes) is 2. The molecule has 2 saturated heterocycles. The number of rotatable bonds is 11. The van der Waals surface area contributed by atoms with E-state index in [1.807, 2.05) is 18.7 Å². The molecule has 0 atom stereocenters. The highest BCUT2D eigenvalue weighted by atomic mass is 16.5. The van der Waals surface area contributed by atoms with Crippen molar-refractivity contribution in [3.05, 3.63) is 0 Å². The van der Waals surface area contributed by atoms with Gasteiger partial charge in [-0.05, 0) is 76.0 Å². The van der Waals surface area contributed by atoms with Gasteiger partial charge in [0, 0.05) is 32.1 Å². The molecule has 0 aromatic rings. The molecule has 2 rings (SSSR count). The average molecular weight is 524 g/mol. The molecule has 2 heterocycles. The van der Waals surface area contributed by atoms with E-state index in [1.165, 1.54) is 84.0 Å². The summed E-state index contributed by atoms with van der Waals surface area (Å²) in [4.78, 5) is 19.3. The highest BCUT2D eigenvalue weighted by molar-refractivity contribution is 5.78. The Labute approximate surface area is 232 Å². The van der Waals surface area contributed by atoms with Crippen molar-refractivity contribution in [3.8, 4) is 0 Å². The first-order chi connectivity index (χ1) is 17.7. The van der Waals surface area contributed by atoms with Crippen LogP contribution in [-0.4, -0.2) is 86.2 Å². The van der Waals surface area contributed by atoms with Crippen LogP contribution in [0.4, 0.5) is 0 Å². The summed E-state index contributed by atoms with van der Waals surface area (Å²) in [5.41, 5.74) is 0. The smallest absolute Gasteiger partial charge is 0.225 e. The molecule has 0 spiro atoms. The van der Waals surface area contributed by atoms with E-state index in [-0.39, 0.29) is 11.8 Å². The molecule has 37 heavy (non-hydrogen) atoms. The Hall–Kier alpha value is -0.650. The summed E-state index contributed by atoms with van der Waals surface area (Å²) in [6.45, 7) is 26.0. The Balaban J connectivity index is 0.000000384. The monoisotopic (exact) mass is 524 g/mol. The fourth-order valence-electron chi connectivity index (χ4n) is 5.52. The lowest BCUT2D eigenvalue weighted by atomic mass is 9.90. The second kappa shape index (κ2) is 21.2. The van der Waals surface area contributed by atoms with E-state index in [0.717, 1.165) is 57.0 Å². The van der Waals surface area contributed by atoms with Crippen LogP contribution < -0.4 is 0 Å². The first kappa shape index (κ1) is 34.4. The summed E-state index contributed by atoms with van der Waals surface area (Å²) in [5.74, 6) is 3.10. The lowest BCUT2D eigenvalue weighted by molar-refractivity contribution is -0.135. The zero-order valence-electron chi connectivity index (χ0n) is 26.1. The van der Waals surface area contributed by atoms with Crippen molar-refractivity contribution in [2.45, 2.75) is 113 Å². The quantitative estimate of drug-likeness (QED) is 0.274. The van der Waals surface area contributed by atoms with Crippen LogP contribution in [0.15, 0.2) is 0 Å². The van der Waals surface area contributed by atoms with E-state index in [1.54, 1.807) is 0 Å². The van der Waals surface area contributed by atoms with Crippen molar-refractivity contribution < 1.29 is 9.53 Å². The molecule has 0 bridgehead atoms. The van der Waals surface area contributed by atoms with Crippen LogP contribution in [0.25, 0.3) is 0 Å². The van der Waals surface area contributed by atoms with Crippen molar-refractivity contribution >= 4 is 5.91 Å². The third-order valence-electron chi connectivity index (χ3n) is 7.82. The summed E-state index contributed by atoms with van der Waals surface area (Å²) < 4.78 is 5.73. The predicted octanol–water partition coefficient (Wildman–Crippen LogP) is 6.95. The molecule has 0 aromatic heterocycles. The Morgan fingerprint density at radius 2 is 1.46 bits per heavy atom. The molecule has 2 aliphatic rings. The fourth-order valence-corrected chi connectivity index (χ4v) is 5.52. The molecule has 0 aromatic carbocycles. The van der Waals surface area contributed by atoms with Gasteiger partial charge < -0.3 is 19.4 Å². The number of nitrogens with zero attached hydrogens (tertiary/aromatic N) is 3. The van der Waals surface area contributed by atoms with E-state index < -0.39 is 0 Å². The first-order valence-corrected chi connectivity index (χ1v) is 16.0. The Kier molecular flexibility index (Phi) is 19.7. The molecule has 0 unspecified atom stereocenters. The zero-order valence-corrected chi connectivity index (χ0v) is 26.1. The largest absolute Gasteiger partial charge is 0.378 e. The van der Waals surface area contributed by atoms with Crippen LogP contribution in [-0.2, 0) is 9.53 Å². The lowest BCUT2D eigenvalue weighted by Crippen LogP contribution is -2.37. The fraction of sp³-hybridized carbons (Fsp3) is 0.969. The number of carbonyl (C=O) groups is 1. The van der Waals surface area contributed by atoms with Gasteiger partial charge in [-0.25, -0.2) is 0 Å². The number of hydrogen-bond acceptors (Lipinski definition) is 4.